The molecular formula is C8H8FIZn+2. The quantitative estimate of drug-likeness (QED) is 0.447. The summed E-state index contributed by atoms with van der Waals surface area (Å²) in [5.74, 6) is -0.155. The Morgan fingerprint density at radius 2 is 1.73 bits per heavy atom. The first-order valence-electron chi connectivity index (χ1n) is 3.13. The van der Waals surface area contributed by atoms with Crippen molar-refractivity contribution in [3.8, 4) is 0 Å². The summed E-state index contributed by atoms with van der Waals surface area (Å²) in [6.07, 6.45) is 1.03. The molecule has 0 heterocycles. The summed E-state index contributed by atoms with van der Waals surface area (Å²) < 4.78 is 13.4. The standard InChI is InChI=1S/C8H8FI.Zn/c9-8-3-1-7(2-4-8)5-6-10;/h1-4H,5-6H2;/q;+2. The molecule has 0 aliphatic heterocycles. The molecule has 0 nitrogen and oxygen atoms in total. The molecule has 1 aromatic carbocycles. The van der Waals surface area contributed by atoms with Crippen LogP contribution in [0.3, 0.4) is 0 Å². The normalized spacial score (nSPS) is 8.91. The minimum atomic E-state index is -0.155. The molecule has 0 bridgehead atoms. The molecule has 0 fully saturated rings. The van der Waals surface area contributed by atoms with Gasteiger partial charge in [0.15, 0.2) is 0 Å². The van der Waals surface area contributed by atoms with Crippen LogP contribution in [-0.2, 0) is 25.9 Å². The van der Waals surface area contributed by atoms with Gasteiger partial charge in [0.25, 0.3) is 0 Å². The third kappa shape index (κ3) is 4.17. The van der Waals surface area contributed by atoms with E-state index in [0.29, 0.717) is 0 Å². The van der Waals surface area contributed by atoms with Gasteiger partial charge in [0, 0.05) is 4.43 Å². The van der Waals surface area contributed by atoms with Gasteiger partial charge in [-0.2, -0.15) is 0 Å². The summed E-state index contributed by atoms with van der Waals surface area (Å²) >= 11 is 2.31. The monoisotopic (exact) mass is 314 g/mol. The molecule has 0 N–H and O–H groups in total. The van der Waals surface area contributed by atoms with E-state index in [2.05, 4.69) is 22.6 Å². The number of alkyl halides is 1. The Kier molecular flexibility index (Phi) is 6.35. The van der Waals surface area contributed by atoms with Crippen LogP contribution in [0.15, 0.2) is 24.3 Å². The van der Waals surface area contributed by atoms with Gasteiger partial charge < -0.3 is 0 Å². The number of aryl methyl sites for hydroxylation is 1. The molecule has 0 aliphatic carbocycles. The van der Waals surface area contributed by atoms with E-state index in [4.69, 9.17) is 0 Å². The molecule has 0 unspecified atom stereocenters. The Balaban J connectivity index is 0.000001000. The molecule has 0 aromatic heterocycles. The zero-order chi connectivity index (χ0) is 7.40. The average molecular weight is 315 g/mol. The molecule has 1 rings (SSSR count). The van der Waals surface area contributed by atoms with E-state index in [1.54, 1.807) is 0 Å². The van der Waals surface area contributed by atoms with Crippen LogP contribution in [0.4, 0.5) is 4.39 Å². The van der Waals surface area contributed by atoms with Gasteiger partial charge in [0.2, 0.25) is 0 Å². The maximum Gasteiger partial charge on any atom is 2.00 e. The van der Waals surface area contributed by atoms with Crippen LogP contribution in [0.25, 0.3) is 0 Å². The summed E-state index contributed by atoms with van der Waals surface area (Å²) in [7, 11) is 0. The number of hydrogen-bond donors (Lipinski definition) is 0. The molecule has 0 saturated carbocycles. The maximum absolute atomic E-state index is 12.3. The van der Waals surface area contributed by atoms with Crippen LogP contribution >= 0.6 is 22.6 Å². The molecule has 1 aromatic rings. The van der Waals surface area contributed by atoms with E-state index in [1.165, 1.54) is 17.7 Å². The number of hydrogen-bond acceptors (Lipinski definition) is 0. The average Bonchev–Trinajstić information content (AvgIpc) is 1.95. The fraction of sp³-hybridized carbons (Fsp3) is 0.250. The minimum absolute atomic E-state index is 0. The van der Waals surface area contributed by atoms with Crippen molar-refractivity contribution >= 4 is 22.6 Å². The van der Waals surface area contributed by atoms with E-state index in [1.807, 2.05) is 12.1 Å². The second-order valence-corrected chi connectivity index (χ2v) is 3.14. The molecular weight excluding hydrogens is 307 g/mol. The van der Waals surface area contributed by atoms with E-state index >= 15 is 0 Å². The van der Waals surface area contributed by atoms with Crippen LogP contribution in [0, 0.1) is 5.82 Å². The van der Waals surface area contributed by atoms with E-state index < -0.39 is 0 Å². The summed E-state index contributed by atoms with van der Waals surface area (Å²) in [5, 5.41) is 0. The van der Waals surface area contributed by atoms with E-state index in [9.17, 15) is 4.39 Å². The molecule has 11 heavy (non-hydrogen) atoms. The molecule has 0 amide bonds. The Hall–Kier alpha value is 0.503. The van der Waals surface area contributed by atoms with Crippen LogP contribution in [-0.4, -0.2) is 4.43 Å². The van der Waals surface area contributed by atoms with Gasteiger partial charge >= 0.3 is 19.5 Å². The number of benzene rings is 1. The Morgan fingerprint density at radius 1 is 1.18 bits per heavy atom. The fourth-order valence-electron chi connectivity index (χ4n) is 0.760. The largest absolute Gasteiger partial charge is 2.00 e. The van der Waals surface area contributed by atoms with Gasteiger partial charge in [0.05, 0.1) is 0 Å². The van der Waals surface area contributed by atoms with Crippen LogP contribution in [0.5, 0.6) is 0 Å². The zero-order valence-corrected chi connectivity index (χ0v) is 11.3. The van der Waals surface area contributed by atoms with Gasteiger partial charge in [-0.15, -0.1) is 0 Å². The van der Waals surface area contributed by atoms with Crippen molar-refractivity contribution in [1.82, 2.24) is 0 Å². The van der Waals surface area contributed by atoms with Crippen LogP contribution in [0.2, 0.25) is 0 Å². The molecule has 0 saturated heterocycles. The van der Waals surface area contributed by atoms with Gasteiger partial charge in [-0.05, 0) is 24.1 Å². The third-order valence-corrected chi connectivity index (χ3v) is 1.84. The molecule has 54 valence electrons. The number of rotatable bonds is 2. The van der Waals surface area contributed by atoms with Gasteiger partial charge in [-0.25, -0.2) is 4.39 Å². The van der Waals surface area contributed by atoms with Crippen molar-refractivity contribution < 1.29 is 23.9 Å². The van der Waals surface area contributed by atoms with Gasteiger partial charge in [0.1, 0.15) is 5.82 Å². The summed E-state index contributed by atoms with van der Waals surface area (Å²) in [6.45, 7) is 0. The van der Waals surface area contributed by atoms with Crippen molar-refractivity contribution in [2.24, 2.45) is 0 Å². The molecule has 0 spiro atoms. The zero-order valence-electron chi connectivity index (χ0n) is 6.19. The number of halogens is 2. The SMILES string of the molecule is Fc1ccc(CCI)cc1.[Zn+2]. The fourth-order valence-corrected chi connectivity index (χ4v) is 1.38. The minimum Gasteiger partial charge on any atom is -0.207 e. The molecule has 0 atom stereocenters. The van der Waals surface area contributed by atoms with Crippen LogP contribution in [0.1, 0.15) is 5.56 Å². The Bertz CT molecular complexity index is 198. The molecule has 0 aliphatic rings. The van der Waals surface area contributed by atoms with E-state index in [-0.39, 0.29) is 25.3 Å². The second kappa shape index (κ2) is 6.07. The van der Waals surface area contributed by atoms with Crippen molar-refractivity contribution in [1.29, 1.82) is 0 Å². The molecule has 0 radical (unpaired) electrons. The Morgan fingerprint density at radius 3 is 2.18 bits per heavy atom. The van der Waals surface area contributed by atoms with Crippen molar-refractivity contribution in [3.63, 3.8) is 0 Å². The summed E-state index contributed by atoms with van der Waals surface area (Å²) in [6, 6.07) is 6.66. The van der Waals surface area contributed by atoms with Gasteiger partial charge in [-0.1, -0.05) is 34.7 Å². The van der Waals surface area contributed by atoms with Crippen LogP contribution < -0.4 is 0 Å². The smallest absolute Gasteiger partial charge is 0.207 e. The maximum atomic E-state index is 12.3. The first kappa shape index (κ1) is 11.5. The predicted molar refractivity (Wildman–Crippen MR) is 49.0 cm³/mol. The van der Waals surface area contributed by atoms with E-state index in [0.717, 1.165) is 10.8 Å². The summed E-state index contributed by atoms with van der Waals surface area (Å²) in [4.78, 5) is 0. The van der Waals surface area contributed by atoms with Crippen molar-refractivity contribution in [2.45, 2.75) is 6.42 Å². The first-order valence-corrected chi connectivity index (χ1v) is 4.66. The topological polar surface area (TPSA) is 0 Å². The first-order chi connectivity index (χ1) is 4.83. The third-order valence-electron chi connectivity index (χ3n) is 1.30. The molecule has 3 heteroatoms. The van der Waals surface area contributed by atoms with Gasteiger partial charge in [-0.3, -0.25) is 0 Å². The second-order valence-electron chi connectivity index (χ2n) is 2.07. The summed E-state index contributed by atoms with van der Waals surface area (Å²) in [5.41, 5.74) is 1.20. The predicted octanol–water partition coefficient (Wildman–Crippen LogP) is 2.80. The van der Waals surface area contributed by atoms with Crippen molar-refractivity contribution in [3.05, 3.63) is 35.6 Å². The Labute approximate surface area is 92.5 Å². The van der Waals surface area contributed by atoms with Crippen molar-refractivity contribution in [2.75, 3.05) is 4.43 Å².